The summed E-state index contributed by atoms with van der Waals surface area (Å²) in [6.45, 7) is 0.673. The van der Waals surface area contributed by atoms with Gasteiger partial charge in [-0.15, -0.1) is 0 Å². The van der Waals surface area contributed by atoms with Crippen molar-refractivity contribution < 1.29 is 13.2 Å². The molecule has 0 aliphatic carbocycles. The summed E-state index contributed by atoms with van der Waals surface area (Å²) in [6, 6.07) is 10.2. The zero-order valence-corrected chi connectivity index (χ0v) is 8.56. The minimum Gasteiger partial charge on any atom is -0.385 e. The summed E-state index contributed by atoms with van der Waals surface area (Å²) < 4.78 is 28.8. The molecule has 0 unspecified atom stereocenters. The van der Waals surface area contributed by atoms with Crippen LogP contribution in [0.5, 0.6) is 0 Å². The molecular weight excluding hydrogens is 189 g/mol. The van der Waals surface area contributed by atoms with Crippen LogP contribution in [0.1, 0.15) is 5.56 Å². The second-order valence-electron chi connectivity index (χ2n) is 1.95. The van der Waals surface area contributed by atoms with Crippen molar-refractivity contribution in [2.24, 2.45) is 0 Å². The molecule has 0 saturated heterocycles. The van der Waals surface area contributed by atoms with Crippen LogP contribution >= 0.6 is 0 Å². The number of rotatable bonds is 1. The molecule has 1 aromatic carbocycles. The van der Waals surface area contributed by atoms with Crippen LogP contribution in [0.3, 0.4) is 0 Å². The van der Waals surface area contributed by atoms with E-state index in [1.165, 1.54) is 5.56 Å². The van der Waals surface area contributed by atoms with Gasteiger partial charge in [0.1, 0.15) is 0 Å². The van der Waals surface area contributed by atoms with Gasteiger partial charge in [0.05, 0.1) is 0 Å². The normalized spacial score (nSPS) is 8.38. The van der Waals surface area contributed by atoms with Gasteiger partial charge in [-0.25, -0.2) is 0 Å². The summed E-state index contributed by atoms with van der Waals surface area (Å²) in [5.41, 5.74) is 1.30. The Balaban J connectivity index is 0. The van der Waals surface area contributed by atoms with Crippen LogP contribution in [0, 0.1) is 13.6 Å². The van der Waals surface area contributed by atoms with Crippen LogP contribution in [0.2, 0.25) is 0 Å². The van der Waals surface area contributed by atoms with E-state index in [-0.39, 0.29) is 23.1 Å². The van der Waals surface area contributed by atoms with Crippen molar-refractivity contribution in [2.75, 3.05) is 0 Å². The Morgan fingerprint density at radius 2 is 1.46 bits per heavy atom. The third kappa shape index (κ3) is 11.8. The Hall–Kier alpha value is -0.224. The van der Waals surface area contributed by atoms with Gasteiger partial charge in [0, 0.05) is 0 Å². The monoisotopic (exact) mass is 198 g/mol. The molecule has 0 radical (unpaired) electrons. The predicted molar refractivity (Wildman–Crippen MR) is 47.8 cm³/mol. The van der Waals surface area contributed by atoms with Crippen LogP contribution < -0.4 is 0 Å². The molecule has 0 bridgehead atoms. The first-order valence-corrected chi connectivity index (χ1v) is 3.33. The third-order valence-corrected chi connectivity index (χ3v) is 1.13. The van der Waals surface area contributed by atoms with Gasteiger partial charge in [-0.3, -0.25) is 0 Å². The molecule has 0 spiro atoms. The van der Waals surface area contributed by atoms with Crippen LogP contribution in [-0.2, 0) is 6.42 Å². The SMILES string of the molecule is F[C-](F)F.[CH2-]Cc1ccccc1.[Mg+2]. The molecular formula is C9H9F3Mg. The standard InChI is InChI=1S/C8H9.CF3.Mg/c1-2-8-6-4-3-5-7-8;2-1(3)4;/h3-7H,1-2H2;;/q2*-1;+2. The molecule has 0 amide bonds. The zero-order chi connectivity index (χ0) is 9.40. The molecule has 0 saturated carbocycles. The van der Waals surface area contributed by atoms with Gasteiger partial charge in [-0.1, -0.05) is 35.9 Å². The summed E-state index contributed by atoms with van der Waals surface area (Å²) >= 11 is 0. The second kappa shape index (κ2) is 9.86. The van der Waals surface area contributed by atoms with Gasteiger partial charge >= 0.3 is 23.1 Å². The van der Waals surface area contributed by atoms with E-state index in [1.54, 1.807) is 0 Å². The first-order chi connectivity index (χ1) is 5.66. The summed E-state index contributed by atoms with van der Waals surface area (Å²) in [5, 5.41) is 0. The molecule has 0 N–H and O–H groups in total. The number of hydrogen-bond donors (Lipinski definition) is 0. The van der Waals surface area contributed by atoms with Gasteiger partial charge in [0.2, 0.25) is 0 Å². The summed E-state index contributed by atoms with van der Waals surface area (Å²) in [5.74, 6) is 0. The largest absolute Gasteiger partial charge is 2.00 e. The fourth-order valence-corrected chi connectivity index (χ4v) is 0.645. The van der Waals surface area contributed by atoms with Crippen molar-refractivity contribution in [1.82, 2.24) is 0 Å². The van der Waals surface area contributed by atoms with Crippen LogP contribution in [-0.4, -0.2) is 23.1 Å². The molecule has 4 heteroatoms. The molecule has 0 atom stereocenters. The van der Waals surface area contributed by atoms with E-state index in [2.05, 4.69) is 19.1 Å². The molecule has 13 heavy (non-hydrogen) atoms. The van der Waals surface area contributed by atoms with E-state index in [0.29, 0.717) is 0 Å². The van der Waals surface area contributed by atoms with Gasteiger partial charge in [-0.2, -0.15) is 6.42 Å². The average Bonchev–Trinajstić information content (AvgIpc) is 2.05. The Morgan fingerprint density at radius 3 is 1.69 bits per heavy atom. The van der Waals surface area contributed by atoms with E-state index in [1.807, 2.05) is 18.2 Å². The van der Waals surface area contributed by atoms with E-state index < -0.39 is 6.68 Å². The fourth-order valence-electron chi connectivity index (χ4n) is 0.645. The molecule has 0 nitrogen and oxygen atoms in total. The average molecular weight is 198 g/mol. The maximum Gasteiger partial charge on any atom is 2.00 e. The van der Waals surface area contributed by atoms with Crippen LogP contribution in [0.15, 0.2) is 30.3 Å². The molecule has 0 heterocycles. The number of halogens is 3. The minimum absolute atomic E-state index is 0. The van der Waals surface area contributed by atoms with Crippen molar-refractivity contribution in [3.63, 3.8) is 0 Å². The zero-order valence-electron chi connectivity index (χ0n) is 7.14. The van der Waals surface area contributed by atoms with Crippen LogP contribution in [0.4, 0.5) is 13.2 Å². The maximum absolute atomic E-state index is 9.58. The van der Waals surface area contributed by atoms with Crippen molar-refractivity contribution in [2.45, 2.75) is 6.42 Å². The molecule has 0 aliphatic heterocycles. The molecule has 68 valence electrons. The van der Waals surface area contributed by atoms with Crippen molar-refractivity contribution in [3.8, 4) is 0 Å². The van der Waals surface area contributed by atoms with Gasteiger partial charge in [-0.05, 0) is 0 Å². The molecule has 1 aromatic rings. The van der Waals surface area contributed by atoms with Crippen molar-refractivity contribution in [3.05, 3.63) is 49.5 Å². The van der Waals surface area contributed by atoms with E-state index in [9.17, 15) is 13.2 Å². The smallest absolute Gasteiger partial charge is 0.385 e. The third-order valence-electron chi connectivity index (χ3n) is 1.13. The molecule has 0 aromatic heterocycles. The molecule has 1 rings (SSSR count). The fraction of sp³-hybridized carbons (Fsp3) is 0.111. The summed E-state index contributed by atoms with van der Waals surface area (Å²) in [4.78, 5) is 0. The maximum atomic E-state index is 9.58. The predicted octanol–water partition coefficient (Wildman–Crippen LogP) is 3.02. The first-order valence-electron chi connectivity index (χ1n) is 3.33. The Kier molecular flexibility index (Phi) is 11.6. The first kappa shape index (κ1) is 15.3. The molecule has 0 fully saturated rings. The van der Waals surface area contributed by atoms with E-state index in [4.69, 9.17) is 0 Å². The van der Waals surface area contributed by atoms with E-state index in [0.717, 1.165) is 6.42 Å². The minimum atomic E-state index is -3.08. The van der Waals surface area contributed by atoms with Crippen molar-refractivity contribution >= 4 is 23.1 Å². The molecule has 0 aliphatic rings. The number of benzene rings is 1. The number of hydrogen-bond acceptors (Lipinski definition) is 0. The topological polar surface area (TPSA) is 0 Å². The van der Waals surface area contributed by atoms with Gasteiger partial charge < -0.3 is 20.1 Å². The van der Waals surface area contributed by atoms with Gasteiger partial charge in [0.25, 0.3) is 0 Å². The van der Waals surface area contributed by atoms with Crippen LogP contribution in [0.25, 0.3) is 0 Å². The second-order valence-corrected chi connectivity index (χ2v) is 1.95. The van der Waals surface area contributed by atoms with Gasteiger partial charge in [0.15, 0.2) is 6.68 Å². The Morgan fingerprint density at radius 1 is 1.08 bits per heavy atom. The van der Waals surface area contributed by atoms with Crippen molar-refractivity contribution in [1.29, 1.82) is 0 Å². The van der Waals surface area contributed by atoms with E-state index >= 15 is 0 Å². The Bertz CT molecular complexity index is 187. The Labute approximate surface area is 92.3 Å². The summed E-state index contributed by atoms with van der Waals surface area (Å²) in [7, 11) is 0. The quantitative estimate of drug-likeness (QED) is 0.481. The summed E-state index contributed by atoms with van der Waals surface area (Å²) in [6.07, 6.45) is 0.890.